The Hall–Kier alpha value is -5.66. The maximum atomic E-state index is 3.76. The lowest BCUT2D eigenvalue weighted by Gasteiger charge is -2.22. The van der Waals surface area contributed by atoms with Crippen LogP contribution in [0.4, 0.5) is 11.4 Å². The average molecular weight is 590 g/mol. The maximum absolute atomic E-state index is 3.76. The van der Waals surface area contributed by atoms with Crippen molar-refractivity contribution in [2.24, 2.45) is 0 Å². The second kappa shape index (κ2) is 11.4. The lowest BCUT2D eigenvalue weighted by Crippen LogP contribution is -2.15. The number of para-hydroxylation sites is 1. The van der Waals surface area contributed by atoms with Gasteiger partial charge >= 0.3 is 0 Å². The first kappa shape index (κ1) is 27.9. The summed E-state index contributed by atoms with van der Waals surface area (Å²) < 4.78 is 0. The third-order valence-electron chi connectivity index (χ3n) is 9.49. The van der Waals surface area contributed by atoms with Gasteiger partial charge in [0.15, 0.2) is 0 Å². The summed E-state index contributed by atoms with van der Waals surface area (Å²) in [4.78, 5) is 0. The van der Waals surface area contributed by atoms with E-state index in [9.17, 15) is 0 Å². The van der Waals surface area contributed by atoms with Crippen LogP contribution in [-0.2, 0) is 5.41 Å². The lowest BCUT2D eigenvalue weighted by molar-refractivity contribution is 0.661. The standard InChI is InChI=1S/C45H35N/c1-45(2)41-23-14-22-38(34-25-27-36(31-15-6-3-7-16-31)40(29-34)33-19-10-5-11-20-33)44(41)39-28-26-35(30-42(39)45)46-43-24-13-12-21-37(43)32-17-8-4-9-18-32/h3-30,46H,1-2H3. The Morgan fingerprint density at radius 3 is 1.63 bits per heavy atom. The Morgan fingerprint density at radius 2 is 0.935 bits per heavy atom. The van der Waals surface area contributed by atoms with Gasteiger partial charge in [-0.2, -0.15) is 0 Å². The Bertz CT molecular complexity index is 2180. The van der Waals surface area contributed by atoms with Crippen LogP contribution < -0.4 is 5.32 Å². The van der Waals surface area contributed by atoms with Crippen LogP contribution in [0.15, 0.2) is 170 Å². The third kappa shape index (κ3) is 4.82. The molecule has 0 heterocycles. The highest BCUT2D eigenvalue weighted by Gasteiger charge is 2.37. The van der Waals surface area contributed by atoms with Crippen molar-refractivity contribution in [2.75, 3.05) is 5.32 Å². The van der Waals surface area contributed by atoms with E-state index in [0.717, 1.165) is 11.4 Å². The molecule has 1 nitrogen and oxygen atoms in total. The maximum Gasteiger partial charge on any atom is 0.0463 e. The Balaban J connectivity index is 1.23. The van der Waals surface area contributed by atoms with E-state index in [1.54, 1.807) is 0 Å². The van der Waals surface area contributed by atoms with Crippen molar-refractivity contribution in [3.63, 3.8) is 0 Å². The second-order valence-corrected chi connectivity index (χ2v) is 12.6. The van der Waals surface area contributed by atoms with Crippen molar-refractivity contribution in [3.8, 4) is 55.6 Å². The minimum Gasteiger partial charge on any atom is -0.355 e. The molecule has 0 spiro atoms. The third-order valence-corrected chi connectivity index (χ3v) is 9.49. The molecule has 0 bridgehead atoms. The van der Waals surface area contributed by atoms with E-state index >= 15 is 0 Å². The van der Waals surface area contributed by atoms with E-state index in [-0.39, 0.29) is 5.41 Å². The summed E-state index contributed by atoms with van der Waals surface area (Å²) in [6.07, 6.45) is 0. The molecule has 0 saturated carbocycles. The van der Waals surface area contributed by atoms with Crippen LogP contribution in [0.1, 0.15) is 25.0 Å². The van der Waals surface area contributed by atoms with Crippen molar-refractivity contribution < 1.29 is 0 Å². The molecule has 1 aliphatic rings. The minimum atomic E-state index is -0.135. The molecule has 7 aromatic rings. The Kier molecular flexibility index (Phi) is 6.88. The monoisotopic (exact) mass is 589 g/mol. The number of nitrogens with one attached hydrogen (secondary N) is 1. The molecule has 0 radical (unpaired) electrons. The highest BCUT2D eigenvalue weighted by Crippen LogP contribution is 2.53. The summed E-state index contributed by atoms with van der Waals surface area (Å²) >= 11 is 0. The van der Waals surface area contributed by atoms with Crippen LogP contribution in [-0.4, -0.2) is 0 Å². The van der Waals surface area contributed by atoms with Crippen LogP contribution in [0.2, 0.25) is 0 Å². The fraction of sp³-hybridized carbons (Fsp3) is 0.0667. The number of benzene rings is 7. The van der Waals surface area contributed by atoms with Gasteiger partial charge in [-0.3, -0.25) is 0 Å². The smallest absolute Gasteiger partial charge is 0.0463 e. The minimum absolute atomic E-state index is 0.135. The SMILES string of the molecule is CC1(C)c2cc(Nc3ccccc3-c3ccccc3)ccc2-c2c(-c3ccc(-c4ccccc4)c(-c4ccccc4)c3)cccc21. The highest BCUT2D eigenvalue weighted by atomic mass is 14.9. The van der Waals surface area contributed by atoms with Gasteiger partial charge in [0.25, 0.3) is 0 Å². The second-order valence-electron chi connectivity index (χ2n) is 12.6. The number of hydrogen-bond donors (Lipinski definition) is 1. The zero-order valence-corrected chi connectivity index (χ0v) is 26.2. The number of hydrogen-bond acceptors (Lipinski definition) is 1. The van der Waals surface area contributed by atoms with Crippen molar-refractivity contribution in [2.45, 2.75) is 19.3 Å². The molecule has 1 aliphatic carbocycles. The van der Waals surface area contributed by atoms with Gasteiger partial charge in [0, 0.05) is 22.4 Å². The summed E-state index contributed by atoms with van der Waals surface area (Å²) in [5.74, 6) is 0. The van der Waals surface area contributed by atoms with Gasteiger partial charge in [-0.1, -0.05) is 159 Å². The highest BCUT2D eigenvalue weighted by molar-refractivity contribution is 5.96. The Labute approximate surface area is 271 Å². The molecule has 0 atom stereocenters. The van der Waals surface area contributed by atoms with Crippen molar-refractivity contribution in [1.82, 2.24) is 0 Å². The van der Waals surface area contributed by atoms with Crippen LogP contribution in [0.25, 0.3) is 55.6 Å². The Morgan fingerprint density at radius 1 is 0.370 bits per heavy atom. The van der Waals surface area contributed by atoms with Crippen LogP contribution in [0, 0.1) is 0 Å². The molecule has 220 valence electrons. The van der Waals surface area contributed by atoms with E-state index < -0.39 is 0 Å². The van der Waals surface area contributed by atoms with Gasteiger partial charge in [0.2, 0.25) is 0 Å². The fourth-order valence-corrected chi connectivity index (χ4v) is 7.16. The van der Waals surface area contributed by atoms with Gasteiger partial charge < -0.3 is 5.32 Å². The average Bonchev–Trinajstić information content (AvgIpc) is 3.35. The number of fused-ring (bicyclic) bond motifs is 3. The zero-order valence-electron chi connectivity index (χ0n) is 26.2. The van der Waals surface area contributed by atoms with Crippen molar-refractivity contribution >= 4 is 11.4 Å². The van der Waals surface area contributed by atoms with E-state index in [2.05, 4.69) is 189 Å². The molecule has 0 unspecified atom stereocenters. The van der Waals surface area contributed by atoms with E-state index in [0.29, 0.717) is 0 Å². The molecule has 0 fully saturated rings. The molecule has 0 saturated heterocycles. The summed E-state index contributed by atoms with van der Waals surface area (Å²) in [5.41, 5.74) is 17.3. The van der Waals surface area contributed by atoms with Crippen LogP contribution in [0.5, 0.6) is 0 Å². The topological polar surface area (TPSA) is 12.0 Å². The largest absolute Gasteiger partial charge is 0.355 e. The van der Waals surface area contributed by atoms with Gasteiger partial charge in [-0.15, -0.1) is 0 Å². The van der Waals surface area contributed by atoms with E-state index in [1.807, 2.05) is 0 Å². The molecular formula is C45H35N. The first-order valence-electron chi connectivity index (χ1n) is 16.0. The van der Waals surface area contributed by atoms with E-state index in [1.165, 1.54) is 66.8 Å². The summed E-state index contributed by atoms with van der Waals surface area (Å²) in [6, 6.07) is 61.3. The van der Waals surface area contributed by atoms with Crippen molar-refractivity contribution in [3.05, 3.63) is 181 Å². The first-order chi connectivity index (χ1) is 22.6. The normalized spacial score (nSPS) is 12.7. The zero-order chi connectivity index (χ0) is 31.1. The van der Waals surface area contributed by atoms with Gasteiger partial charge in [-0.05, 0) is 85.5 Å². The molecular weight excluding hydrogens is 555 g/mol. The van der Waals surface area contributed by atoms with Gasteiger partial charge in [-0.25, -0.2) is 0 Å². The summed E-state index contributed by atoms with van der Waals surface area (Å²) in [6.45, 7) is 4.72. The van der Waals surface area contributed by atoms with Gasteiger partial charge in [0.1, 0.15) is 0 Å². The molecule has 46 heavy (non-hydrogen) atoms. The molecule has 1 heteroatoms. The summed E-state index contributed by atoms with van der Waals surface area (Å²) in [5, 5.41) is 3.76. The van der Waals surface area contributed by atoms with Crippen LogP contribution >= 0.6 is 0 Å². The first-order valence-corrected chi connectivity index (χ1v) is 16.0. The summed E-state index contributed by atoms with van der Waals surface area (Å²) in [7, 11) is 0. The number of anilines is 2. The van der Waals surface area contributed by atoms with Crippen molar-refractivity contribution in [1.29, 1.82) is 0 Å². The quantitative estimate of drug-likeness (QED) is 0.203. The molecule has 7 aromatic carbocycles. The van der Waals surface area contributed by atoms with Gasteiger partial charge in [0.05, 0.1) is 0 Å². The predicted octanol–water partition coefficient (Wildman–Crippen LogP) is 12.4. The lowest BCUT2D eigenvalue weighted by atomic mass is 9.81. The molecule has 1 N–H and O–H groups in total. The molecule has 0 amide bonds. The van der Waals surface area contributed by atoms with Crippen LogP contribution in [0.3, 0.4) is 0 Å². The molecule has 0 aliphatic heterocycles. The van der Waals surface area contributed by atoms with E-state index in [4.69, 9.17) is 0 Å². The molecule has 8 rings (SSSR count). The molecule has 0 aromatic heterocycles. The number of rotatable bonds is 6. The predicted molar refractivity (Wildman–Crippen MR) is 195 cm³/mol. The fourth-order valence-electron chi connectivity index (χ4n) is 7.16.